The Bertz CT molecular complexity index is 676. The Kier molecular flexibility index (Phi) is 4.83. The summed E-state index contributed by atoms with van der Waals surface area (Å²) in [5.41, 5.74) is 1.45. The van der Waals surface area contributed by atoms with Gasteiger partial charge in [-0.2, -0.15) is 0 Å². The van der Waals surface area contributed by atoms with E-state index in [1.807, 2.05) is 12.1 Å². The van der Waals surface area contributed by atoms with Gasteiger partial charge in [-0.15, -0.1) is 0 Å². The third-order valence-electron chi connectivity index (χ3n) is 2.23. The molecule has 20 heavy (non-hydrogen) atoms. The first-order valence-corrected chi connectivity index (χ1v) is 7.79. The van der Waals surface area contributed by atoms with Gasteiger partial charge in [0.1, 0.15) is 17.6 Å². The lowest BCUT2D eigenvalue weighted by molar-refractivity contribution is 0.518. The SMILES string of the molecule is CS(C)=O.c1coc(CNc2ncnc3nc[nH]c23)c1. The molecule has 7 nitrogen and oxygen atoms in total. The molecule has 0 aliphatic heterocycles. The number of hydrogen-bond donors (Lipinski definition) is 2. The topological polar surface area (TPSA) is 96.7 Å². The van der Waals surface area contributed by atoms with E-state index in [4.69, 9.17) is 4.42 Å². The molecule has 3 aromatic heterocycles. The van der Waals surface area contributed by atoms with Crippen LogP contribution in [0.5, 0.6) is 0 Å². The van der Waals surface area contributed by atoms with Gasteiger partial charge < -0.3 is 14.7 Å². The van der Waals surface area contributed by atoms with Gasteiger partial charge in [0.15, 0.2) is 11.5 Å². The Labute approximate surface area is 118 Å². The number of aromatic amines is 1. The predicted molar refractivity (Wildman–Crippen MR) is 77.7 cm³/mol. The van der Waals surface area contributed by atoms with Gasteiger partial charge in [-0.1, -0.05) is 0 Å². The van der Waals surface area contributed by atoms with Gasteiger partial charge >= 0.3 is 0 Å². The Morgan fingerprint density at radius 1 is 1.35 bits per heavy atom. The van der Waals surface area contributed by atoms with E-state index >= 15 is 0 Å². The smallest absolute Gasteiger partial charge is 0.182 e. The van der Waals surface area contributed by atoms with Crippen LogP contribution in [0.1, 0.15) is 5.76 Å². The molecule has 0 amide bonds. The molecule has 0 aromatic carbocycles. The summed E-state index contributed by atoms with van der Waals surface area (Å²) >= 11 is 0. The van der Waals surface area contributed by atoms with Crippen molar-refractivity contribution in [2.75, 3.05) is 17.8 Å². The fourth-order valence-corrected chi connectivity index (χ4v) is 1.48. The van der Waals surface area contributed by atoms with E-state index in [2.05, 4.69) is 25.3 Å². The molecule has 0 atom stereocenters. The summed E-state index contributed by atoms with van der Waals surface area (Å²) in [7, 11) is -0.611. The number of anilines is 1. The van der Waals surface area contributed by atoms with Crippen LogP contribution in [-0.2, 0) is 17.3 Å². The average molecular weight is 293 g/mol. The van der Waals surface area contributed by atoms with E-state index < -0.39 is 10.8 Å². The van der Waals surface area contributed by atoms with Crippen molar-refractivity contribution < 1.29 is 8.63 Å². The van der Waals surface area contributed by atoms with Crippen LogP contribution >= 0.6 is 0 Å². The minimum atomic E-state index is -0.611. The van der Waals surface area contributed by atoms with Gasteiger partial charge in [-0.25, -0.2) is 15.0 Å². The summed E-state index contributed by atoms with van der Waals surface area (Å²) < 4.78 is 14.8. The molecule has 3 heterocycles. The summed E-state index contributed by atoms with van der Waals surface area (Å²) in [4.78, 5) is 15.2. The molecular weight excluding hydrogens is 278 g/mol. The zero-order chi connectivity index (χ0) is 14.4. The van der Waals surface area contributed by atoms with E-state index in [1.54, 1.807) is 25.1 Å². The Hall–Kier alpha value is -2.22. The molecule has 0 saturated carbocycles. The summed E-state index contributed by atoms with van der Waals surface area (Å²) in [6.07, 6.45) is 7.99. The average Bonchev–Trinajstić information content (AvgIpc) is 3.06. The number of aromatic nitrogens is 4. The molecule has 0 bridgehead atoms. The Morgan fingerprint density at radius 2 is 2.15 bits per heavy atom. The number of nitrogens with one attached hydrogen (secondary N) is 2. The number of hydrogen-bond acceptors (Lipinski definition) is 6. The lowest BCUT2D eigenvalue weighted by Gasteiger charge is -2.03. The second-order valence-electron chi connectivity index (χ2n) is 4.00. The van der Waals surface area contributed by atoms with Crippen LogP contribution in [-0.4, -0.2) is 36.7 Å². The van der Waals surface area contributed by atoms with E-state index in [9.17, 15) is 4.21 Å². The van der Waals surface area contributed by atoms with Crippen molar-refractivity contribution in [3.05, 3.63) is 36.8 Å². The van der Waals surface area contributed by atoms with Crippen LogP contribution < -0.4 is 5.32 Å². The van der Waals surface area contributed by atoms with Gasteiger partial charge in [-0.05, 0) is 12.1 Å². The van der Waals surface area contributed by atoms with E-state index in [0.29, 0.717) is 12.2 Å². The molecule has 0 radical (unpaired) electrons. The van der Waals surface area contributed by atoms with Crippen LogP contribution in [0.3, 0.4) is 0 Å². The van der Waals surface area contributed by atoms with Crippen molar-refractivity contribution in [1.82, 2.24) is 19.9 Å². The number of rotatable bonds is 3. The molecule has 0 unspecified atom stereocenters. The second-order valence-corrected chi connectivity index (χ2v) is 5.48. The monoisotopic (exact) mass is 293 g/mol. The van der Waals surface area contributed by atoms with Gasteiger partial charge in [0.2, 0.25) is 0 Å². The van der Waals surface area contributed by atoms with Crippen molar-refractivity contribution in [1.29, 1.82) is 0 Å². The third-order valence-corrected chi connectivity index (χ3v) is 2.23. The second kappa shape index (κ2) is 6.80. The highest BCUT2D eigenvalue weighted by Crippen LogP contribution is 2.15. The first-order valence-electron chi connectivity index (χ1n) is 5.82. The largest absolute Gasteiger partial charge is 0.467 e. The summed E-state index contributed by atoms with van der Waals surface area (Å²) in [6.45, 7) is 0.581. The van der Waals surface area contributed by atoms with E-state index in [0.717, 1.165) is 17.1 Å². The summed E-state index contributed by atoms with van der Waals surface area (Å²) in [6, 6.07) is 3.75. The van der Waals surface area contributed by atoms with Gasteiger partial charge in [-0.3, -0.25) is 4.21 Å². The minimum Gasteiger partial charge on any atom is -0.467 e. The van der Waals surface area contributed by atoms with Crippen LogP contribution in [0.25, 0.3) is 11.2 Å². The third kappa shape index (κ3) is 3.89. The summed E-state index contributed by atoms with van der Waals surface area (Å²) in [5, 5.41) is 3.16. The number of imidazole rings is 1. The van der Waals surface area contributed by atoms with E-state index in [1.165, 1.54) is 6.33 Å². The number of fused-ring (bicyclic) bond motifs is 1. The molecule has 0 aliphatic rings. The van der Waals surface area contributed by atoms with Crippen molar-refractivity contribution in [3.63, 3.8) is 0 Å². The molecule has 0 saturated heterocycles. The molecule has 106 valence electrons. The number of furan rings is 1. The van der Waals surface area contributed by atoms with Crippen molar-refractivity contribution in [2.24, 2.45) is 0 Å². The maximum Gasteiger partial charge on any atom is 0.182 e. The maximum atomic E-state index is 9.56. The molecule has 3 aromatic rings. The highest BCUT2D eigenvalue weighted by Gasteiger charge is 2.05. The number of nitrogens with zero attached hydrogens (tertiary/aromatic N) is 3. The minimum absolute atomic E-state index is 0.581. The van der Waals surface area contributed by atoms with Crippen LogP contribution in [0, 0.1) is 0 Å². The lowest BCUT2D eigenvalue weighted by atomic mass is 10.4. The first kappa shape index (κ1) is 14.2. The molecule has 0 aliphatic carbocycles. The van der Waals surface area contributed by atoms with Crippen molar-refractivity contribution in [2.45, 2.75) is 6.54 Å². The molecule has 2 N–H and O–H groups in total. The Balaban J connectivity index is 0.000000328. The number of H-pyrrole nitrogens is 1. The quantitative estimate of drug-likeness (QED) is 0.760. The highest BCUT2D eigenvalue weighted by molar-refractivity contribution is 7.83. The zero-order valence-corrected chi connectivity index (χ0v) is 12.0. The summed E-state index contributed by atoms with van der Waals surface area (Å²) in [5.74, 6) is 1.57. The zero-order valence-electron chi connectivity index (χ0n) is 11.2. The lowest BCUT2D eigenvalue weighted by Crippen LogP contribution is -2.01. The molecule has 8 heteroatoms. The molecule has 3 rings (SSSR count). The highest BCUT2D eigenvalue weighted by atomic mass is 32.2. The molecular formula is C12H15N5O2S. The molecule has 0 spiro atoms. The fourth-order valence-electron chi connectivity index (χ4n) is 1.48. The van der Waals surface area contributed by atoms with Gasteiger partial charge in [0.05, 0.1) is 19.1 Å². The van der Waals surface area contributed by atoms with Crippen LogP contribution in [0.2, 0.25) is 0 Å². The van der Waals surface area contributed by atoms with Crippen LogP contribution in [0.4, 0.5) is 5.82 Å². The van der Waals surface area contributed by atoms with Crippen molar-refractivity contribution in [3.8, 4) is 0 Å². The predicted octanol–water partition coefficient (Wildman–Crippen LogP) is 1.55. The van der Waals surface area contributed by atoms with Gasteiger partial charge in [0, 0.05) is 23.3 Å². The fraction of sp³-hybridized carbons (Fsp3) is 0.250. The van der Waals surface area contributed by atoms with Gasteiger partial charge in [0.25, 0.3) is 0 Å². The Morgan fingerprint density at radius 3 is 2.85 bits per heavy atom. The first-order chi connectivity index (χ1) is 9.66. The normalized spacial score (nSPS) is 10.3. The standard InChI is InChI=1S/C10H9N5O.C2H6OS/c1-2-7(16-3-1)4-11-9-8-10(13-5-12-8)15-6-14-9;1-4(2)3/h1-3,5-6H,4H2,(H2,11,12,13,14,15);1-2H3. The van der Waals surface area contributed by atoms with Crippen molar-refractivity contribution >= 4 is 27.8 Å². The molecule has 0 fully saturated rings. The van der Waals surface area contributed by atoms with Crippen LogP contribution in [0.15, 0.2) is 35.5 Å². The maximum absolute atomic E-state index is 9.56. The van der Waals surface area contributed by atoms with E-state index in [-0.39, 0.29) is 0 Å².